The number of rotatable bonds is 2. The van der Waals surface area contributed by atoms with Gasteiger partial charge in [-0.2, -0.15) is 0 Å². The van der Waals surface area contributed by atoms with E-state index < -0.39 is 0 Å². The van der Waals surface area contributed by atoms with Gasteiger partial charge in [-0.25, -0.2) is 4.98 Å². The first-order valence-electron chi connectivity index (χ1n) is 6.01. The van der Waals surface area contributed by atoms with Crippen molar-refractivity contribution in [2.24, 2.45) is 0 Å². The number of carbonyl (C=O) groups excluding carboxylic acids is 1. The van der Waals surface area contributed by atoms with E-state index in [0.717, 1.165) is 15.4 Å². The molecular weight excluding hydrogens is 318 g/mol. The maximum atomic E-state index is 12.3. The molecule has 0 fully saturated rings. The minimum Gasteiger partial charge on any atom is -0.307 e. The number of hydrogen-bond acceptors (Lipinski definition) is 3. The fraction of sp³-hybridized carbons (Fsp3) is 0. The van der Waals surface area contributed by atoms with E-state index in [-0.39, 0.29) is 5.91 Å². The van der Waals surface area contributed by atoms with Crippen LogP contribution in [-0.2, 0) is 0 Å². The molecule has 2 aromatic heterocycles. The number of anilines is 1. The molecule has 0 radical (unpaired) electrons. The van der Waals surface area contributed by atoms with Crippen molar-refractivity contribution >= 4 is 38.6 Å². The van der Waals surface area contributed by atoms with Crippen LogP contribution in [0.25, 0.3) is 10.9 Å². The maximum absolute atomic E-state index is 12.3. The minimum absolute atomic E-state index is 0.200. The van der Waals surface area contributed by atoms with Crippen LogP contribution < -0.4 is 5.32 Å². The Hall–Kier alpha value is -2.27. The fourth-order valence-electron chi connectivity index (χ4n) is 1.95. The summed E-state index contributed by atoms with van der Waals surface area (Å²) in [5.74, 6) is 0.305. The molecule has 98 valence electrons. The van der Waals surface area contributed by atoms with Crippen molar-refractivity contribution in [1.29, 1.82) is 0 Å². The Morgan fingerprint density at radius 1 is 1.05 bits per heavy atom. The van der Waals surface area contributed by atoms with Gasteiger partial charge < -0.3 is 5.32 Å². The summed E-state index contributed by atoms with van der Waals surface area (Å²) in [6, 6.07) is 12.8. The van der Waals surface area contributed by atoms with Crippen LogP contribution in [0.2, 0.25) is 0 Å². The summed E-state index contributed by atoms with van der Waals surface area (Å²) in [7, 11) is 0. The molecule has 4 nitrogen and oxygen atoms in total. The molecule has 5 heteroatoms. The van der Waals surface area contributed by atoms with Gasteiger partial charge in [-0.15, -0.1) is 0 Å². The first-order chi connectivity index (χ1) is 9.74. The number of benzene rings is 1. The Morgan fingerprint density at radius 2 is 1.85 bits per heavy atom. The quantitative estimate of drug-likeness (QED) is 0.781. The van der Waals surface area contributed by atoms with Crippen molar-refractivity contribution in [2.75, 3.05) is 5.32 Å². The Balaban J connectivity index is 1.97. The van der Waals surface area contributed by atoms with E-state index in [9.17, 15) is 4.79 Å². The highest BCUT2D eigenvalue weighted by Gasteiger charge is 2.11. The summed E-state index contributed by atoms with van der Waals surface area (Å²) in [6.45, 7) is 0. The number of aromatic nitrogens is 2. The molecule has 0 unspecified atom stereocenters. The third kappa shape index (κ3) is 2.53. The normalized spacial score (nSPS) is 10.4. The molecule has 0 atom stereocenters. The molecule has 0 saturated carbocycles. The van der Waals surface area contributed by atoms with Gasteiger partial charge in [-0.3, -0.25) is 9.78 Å². The zero-order valence-electron chi connectivity index (χ0n) is 10.4. The lowest BCUT2D eigenvalue weighted by Crippen LogP contribution is -2.13. The van der Waals surface area contributed by atoms with Gasteiger partial charge >= 0.3 is 0 Å². The standard InChI is InChI=1S/C15H10BrN3O/c16-10-5-7-18-14(9-10)19-15(20)12-6-8-17-13-4-2-1-3-11(12)13/h1-9H,(H,18,19,20). The molecule has 1 N–H and O–H groups in total. The highest BCUT2D eigenvalue weighted by atomic mass is 79.9. The molecule has 2 heterocycles. The summed E-state index contributed by atoms with van der Waals surface area (Å²) < 4.78 is 0.863. The monoisotopic (exact) mass is 327 g/mol. The van der Waals surface area contributed by atoms with Crippen molar-refractivity contribution in [2.45, 2.75) is 0 Å². The number of nitrogens with zero attached hydrogens (tertiary/aromatic N) is 2. The number of fused-ring (bicyclic) bond motifs is 1. The van der Waals surface area contributed by atoms with Crippen molar-refractivity contribution in [3.63, 3.8) is 0 Å². The van der Waals surface area contributed by atoms with Crippen molar-refractivity contribution in [1.82, 2.24) is 9.97 Å². The average Bonchev–Trinajstić information content (AvgIpc) is 2.46. The molecule has 0 aliphatic heterocycles. The van der Waals surface area contributed by atoms with E-state index >= 15 is 0 Å². The van der Waals surface area contributed by atoms with E-state index in [0.29, 0.717) is 11.4 Å². The third-order valence-corrected chi connectivity index (χ3v) is 3.35. The lowest BCUT2D eigenvalue weighted by molar-refractivity contribution is 0.102. The second-order valence-electron chi connectivity index (χ2n) is 4.19. The first kappa shape index (κ1) is 12.7. The van der Waals surface area contributed by atoms with Gasteiger partial charge in [0.25, 0.3) is 5.91 Å². The number of halogens is 1. The average molecular weight is 328 g/mol. The van der Waals surface area contributed by atoms with Crippen molar-refractivity contribution in [3.05, 3.63) is 64.9 Å². The minimum atomic E-state index is -0.200. The largest absolute Gasteiger partial charge is 0.307 e. The van der Waals surface area contributed by atoms with Gasteiger partial charge in [0.2, 0.25) is 0 Å². The zero-order chi connectivity index (χ0) is 13.9. The van der Waals surface area contributed by atoms with Crippen molar-refractivity contribution in [3.8, 4) is 0 Å². The Kier molecular flexibility index (Phi) is 3.43. The van der Waals surface area contributed by atoms with Gasteiger partial charge in [0.15, 0.2) is 0 Å². The lowest BCUT2D eigenvalue weighted by atomic mass is 10.1. The molecule has 0 aliphatic rings. The zero-order valence-corrected chi connectivity index (χ0v) is 12.0. The first-order valence-corrected chi connectivity index (χ1v) is 6.80. The highest BCUT2D eigenvalue weighted by molar-refractivity contribution is 9.10. The van der Waals surface area contributed by atoms with Crippen molar-refractivity contribution < 1.29 is 4.79 Å². The second-order valence-corrected chi connectivity index (χ2v) is 5.10. The molecule has 0 saturated heterocycles. The summed E-state index contributed by atoms with van der Waals surface area (Å²) in [5.41, 5.74) is 1.37. The lowest BCUT2D eigenvalue weighted by Gasteiger charge is -2.07. The number of hydrogen-bond donors (Lipinski definition) is 1. The molecule has 0 aliphatic carbocycles. The summed E-state index contributed by atoms with van der Waals surface area (Å²) in [5, 5.41) is 3.61. The maximum Gasteiger partial charge on any atom is 0.257 e. The van der Waals surface area contributed by atoms with E-state index in [1.165, 1.54) is 0 Å². The topological polar surface area (TPSA) is 54.9 Å². The van der Waals surface area contributed by atoms with Gasteiger partial charge in [0.1, 0.15) is 5.82 Å². The number of pyridine rings is 2. The van der Waals surface area contributed by atoms with E-state index in [4.69, 9.17) is 0 Å². The highest BCUT2D eigenvalue weighted by Crippen LogP contribution is 2.18. The van der Waals surface area contributed by atoms with Gasteiger partial charge in [0.05, 0.1) is 11.1 Å². The number of amides is 1. The Bertz CT molecular complexity index is 783. The molecule has 1 amide bonds. The molecule has 20 heavy (non-hydrogen) atoms. The van der Waals surface area contributed by atoms with E-state index in [2.05, 4.69) is 31.2 Å². The molecule has 0 spiro atoms. The van der Waals surface area contributed by atoms with Gasteiger partial charge in [0, 0.05) is 22.3 Å². The summed E-state index contributed by atoms with van der Waals surface area (Å²) >= 11 is 3.35. The summed E-state index contributed by atoms with van der Waals surface area (Å²) in [6.07, 6.45) is 3.26. The summed E-state index contributed by atoms with van der Waals surface area (Å²) in [4.78, 5) is 20.7. The Labute approximate surface area is 124 Å². The van der Waals surface area contributed by atoms with Crippen LogP contribution in [0.3, 0.4) is 0 Å². The van der Waals surface area contributed by atoms with Crippen LogP contribution in [0.4, 0.5) is 5.82 Å². The van der Waals surface area contributed by atoms with Crippen LogP contribution in [0.1, 0.15) is 10.4 Å². The molecule has 0 bridgehead atoms. The van der Waals surface area contributed by atoms with Gasteiger partial charge in [-0.1, -0.05) is 34.1 Å². The SMILES string of the molecule is O=C(Nc1cc(Br)ccn1)c1ccnc2ccccc12. The second kappa shape index (κ2) is 5.38. The number of carbonyl (C=O) groups is 1. The molecule has 3 aromatic rings. The molecular formula is C15H10BrN3O. The molecule has 1 aromatic carbocycles. The number of nitrogens with one attached hydrogen (secondary N) is 1. The fourth-order valence-corrected chi connectivity index (χ4v) is 2.29. The smallest absolute Gasteiger partial charge is 0.257 e. The Morgan fingerprint density at radius 3 is 2.70 bits per heavy atom. The van der Waals surface area contributed by atoms with Crippen LogP contribution in [0.15, 0.2) is 59.3 Å². The third-order valence-electron chi connectivity index (χ3n) is 2.86. The predicted molar refractivity (Wildman–Crippen MR) is 81.6 cm³/mol. The van der Waals surface area contributed by atoms with Gasteiger partial charge in [-0.05, 0) is 24.3 Å². The van der Waals surface area contributed by atoms with E-state index in [1.807, 2.05) is 24.3 Å². The van der Waals surface area contributed by atoms with Crippen LogP contribution >= 0.6 is 15.9 Å². The number of para-hydroxylation sites is 1. The van der Waals surface area contributed by atoms with E-state index in [1.54, 1.807) is 30.6 Å². The molecule has 3 rings (SSSR count). The predicted octanol–water partition coefficient (Wildman–Crippen LogP) is 3.64. The van der Waals surface area contributed by atoms with Crippen LogP contribution in [0, 0.1) is 0 Å². The van der Waals surface area contributed by atoms with Crippen LogP contribution in [0.5, 0.6) is 0 Å². The van der Waals surface area contributed by atoms with Crippen LogP contribution in [-0.4, -0.2) is 15.9 Å².